The number of rotatable bonds is 7. The minimum absolute atomic E-state index is 0.0512. The van der Waals surface area contributed by atoms with Crippen molar-refractivity contribution in [3.05, 3.63) is 0 Å². The monoisotopic (exact) mass is 243 g/mol. The third-order valence-corrected chi connectivity index (χ3v) is 4.52. The molecule has 2 N–H and O–H groups in total. The second-order valence-corrected chi connectivity index (χ2v) is 5.76. The van der Waals surface area contributed by atoms with Crippen molar-refractivity contribution in [2.24, 2.45) is 11.8 Å². The van der Waals surface area contributed by atoms with Crippen molar-refractivity contribution in [2.75, 3.05) is 20.3 Å². The molecule has 0 aromatic rings. The molecule has 3 atom stereocenters. The summed E-state index contributed by atoms with van der Waals surface area (Å²) < 4.78 is 5.84. The van der Waals surface area contributed by atoms with Crippen molar-refractivity contribution < 1.29 is 9.84 Å². The molecule has 0 aliphatic heterocycles. The number of hydrogen-bond donors (Lipinski definition) is 2. The van der Waals surface area contributed by atoms with Crippen LogP contribution < -0.4 is 5.32 Å². The van der Waals surface area contributed by atoms with Crippen LogP contribution in [0.3, 0.4) is 0 Å². The third-order valence-electron chi connectivity index (χ3n) is 4.52. The molecule has 102 valence electrons. The normalized spacial score (nSPS) is 31.1. The first-order chi connectivity index (χ1) is 8.05. The van der Waals surface area contributed by atoms with Crippen LogP contribution in [-0.2, 0) is 4.74 Å². The first-order valence-electron chi connectivity index (χ1n) is 6.97. The third kappa shape index (κ3) is 3.67. The second-order valence-electron chi connectivity index (χ2n) is 5.76. The van der Waals surface area contributed by atoms with Crippen molar-refractivity contribution in [1.29, 1.82) is 0 Å². The highest BCUT2D eigenvalue weighted by Gasteiger charge is 2.40. The van der Waals surface area contributed by atoms with Gasteiger partial charge in [0.05, 0.1) is 12.7 Å². The zero-order chi connectivity index (χ0) is 12.9. The molecule has 3 unspecified atom stereocenters. The van der Waals surface area contributed by atoms with E-state index in [1.807, 2.05) is 7.05 Å². The summed E-state index contributed by atoms with van der Waals surface area (Å²) in [5, 5.41) is 12.9. The molecule has 3 nitrogen and oxygen atoms in total. The van der Waals surface area contributed by atoms with Gasteiger partial charge in [0.25, 0.3) is 0 Å². The molecule has 3 heteroatoms. The van der Waals surface area contributed by atoms with E-state index in [0.717, 1.165) is 19.4 Å². The molecule has 0 aromatic heterocycles. The van der Waals surface area contributed by atoms with Gasteiger partial charge in [-0.2, -0.15) is 0 Å². The van der Waals surface area contributed by atoms with Crippen molar-refractivity contribution >= 4 is 0 Å². The molecule has 0 aromatic carbocycles. The summed E-state index contributed by atoms with van der Waals surface area (Å²) in [7, 11) is 1.96. The zero-order valence-corrected chi connectivity index (χ0v) is 11.8. The van der Waals surface area contributed by atoms with Gasteiger partial charge in [0.15, 0.2) is 0 Å². The van der Waals surface area contributed by atoms with Crippen LogP contribution in [-0.4, -0.2) is 37.0 Å². The summed E-state index contributed by atoms with van der Waals surface area (Å²) in [6.07, 6.45) is 4.89. The van der Waals surface area contributed by atoms with Crippen molar-refractivity contribution in [2.45, 2.75) is 58.1 Å². The van der Waals surface area contributed by atoms with E-state index in [2.05, 4.69) is 26.1 Å². The molecule has 0 heterocycles. The van der Waals surface area contributed by atoms with E-state index in [1.165, 1.54) is 12.8 Å². The molecule has 0 spiro atoms. The van der Waals surface area contributed by atoms with Gasteiger partial charge in [0.2, 0.25) is 0 Å². The lowest BCUT2D eigenvalue weighted by Crippen LogP contribution is -2.49. The average molecular weight is 243 g/mol. The van der Waals surface area contributed by atoms with Crippen LogP contribution in [0.5, 0.6) is 0 Å². The van der Waals surface area contributed by atoms with E-state index in [-0.39, 0.29) is 12.1 Å². The highest BCUT2D eigenvalue weighted by Crippen LogP contribution is 2.37. The van der Waals surface area contributed by atoms with Gasteiger partial charge in [0, 0.05) is 12.1 Å². The Morgan fingerprint density at radius 2 is 2.12 bits per heavy atom. The van der Waals surface area contributed by atoms with E-state index in [1.54, 1.807) is 0 Å². The summed E-state index contributed by atoms with van der Waals surface area (Å²) in [4.78, 5) is 0. The van der Waals surface area contributed by atoms with Crippen LogP contribution >= 0.6 is 0 Å². The highest BCUT2D eigenvalue weighted by molar-refractivity contribution is 4.97. The Labute approximate surface area is 106 Å². The van der Waals surface area contributed by atoms with Crippen LogP contribution in [0.1, 0.15) is 46.5 Å². The van der Waals surface area contributed by atoms with Gasteiger partial charge >= 0.3 is 0 Å². The molecule has 17 heavy (non-hydrogen) atoms. The van der Waals surface area contributed by atoms with Gasteiger partial charge in [0.1, 0.15) is 0 Å². The minimum atomic E-state index is -0.0512. The molecule has 0 radical (unpaired) electrons. The maximum absolute atomic E-state index is 9.58. The number of likely N-dealkylation sites (N-methyl/N-ethyl adjacent to an activating group) is 1. The summed E-state index contributed by atoms with van der Waals surface area (Å²) in [5.74, 6) is 1.13. The van der Waals surface area contributed by atoms with Crippen LogP contribution in [0.4, 0.5) is 0 Å². The molecule has 1 aliphatic rings. The van der Waals surface area contributed by atoms with Crippen LogP contribution in [0, 0.1) is 11.8 Å². The van der Waals surface area contributed by atoms with E-state index in [0.29, 0.717) is 17.9 Å². The summed E-state index contributed by atoms with van der Waals surface area (Å²) in [5.41, 5.74) is -0.0512. The maximum atomic E-state index is 9.58. The quantitative estimate of drug-likeness (QED) is 0.720. The number of aliphatic hydroxyl groups excluding tert-OH is 1. The first kappa shape index (κ1) is 14.9. The standard InChI is InChI=1S/C14H29NO2/c1-11(2)12(3)17-9-7-13-6-5-8-14(13,10-16)15-4/h11-13,15-16H,5-10H2,1-4H3. The van der Waals surface area contributed by atoms with Gasteiger partial charge in [-0.05, 0) is 45.1 Å². The predicted octanol–water partition coefficient (Wildman–Crippen LogP) is 2.19. The maximum Gasteiger partial charge on any atom is 0.0615 e. The SMILES string of the molecule is CNC1(CO)CCCC1CCOC(C)C(C)C. The molecule has 1 rings (SSSR count). The predicted molar refractivity (Wildman–Crippen MR) is 71.1 cm³/mol. The number of nitrogens with one attached hydrogen (secondary N) is 1. The van der Waals surface area contributed by atoms with E-state index in [9.17, 15) is 5.11 Å². The average Bonchev–Trinajstić information content (AvgIpc) is 2.72. The van der Waals surface area contributed by atoms with E-state index >= 15 is 0 Å². The Morgan fingerprint density at radius 1 is 1.41 bits per heavy atom. The smallest absolute Gasteiger partial charge is 0.0615 e. The molecular formula is C14H29NO2. The fourth-order valence-corrected chi connectivity index (χ4v) is 2.77. The zero-order valence-electron chi connectivity index (χ0n) is 11.8. The minimum Gasteiger partial charge on any atom is -0.394 e. The largest absolute Gasteiger partial charge is 0.394 e. The lowest BCUT2D eigenvalue weighted by Gasteiger charge is -2.34. The van der Waals surface area contributed by atoms with Crippen molar-refractivity contribution in [1.82, 2.24) is 5.32 Å². The molecule has 0 saturated heterocycles. The van der Waals surface area contributed by atoms with E-state index in [4.69, 9.17) is 4.74 Å². The summed E-state index contributed by atoms with van der Waals surface area (Å²) in [6.45, 7) is 7.57. The van der Waals surface area contributed by atoms with Crippen molar-refractivity contribution in [3.8, 4) is 0 Å². The fourth-order valence-electron chi connectivity index (χ4n) is 2.77. The van der Waals surface area contributed by atoms with Gasteiger partial charge in [-0.25, -0.2) is 0 Å². The molecular weight excluding hydrogens is 214 g/mol. The Bertz CT molecular complexity index is 214. The topological polar surface area (TPSA) is 41.5 Å². The number of ether oxygens (including phenoxy) is 1. The van der Waals surface area contributed by atoms with Gasteiger partial charge < -0.3 is 15.2 Å². The summed E-state index contributed by atoms with van der Waals surface area (Å²) in [6, 6.07) is 0. The Kier molecular flexibility index (Phi) is 5.90. The molecule has 0 bridgehead atoms. The fraction of sp³-hybridized carbons (Fsp3) is 1.00. The Balaban J connectivity index is 2.36. The second kappa shape index (κ2) is 6.72. The van der Waals surface area contributed by atoms with Crippen LogP contribution in [0.2, 0.25) is 0 Å². The highest BCUT2D eigenvalue weighted by atomic mass is 16.5. The molecule has 1 aliphatic carbocycles. The van der Waals surface area contributed by atoms with Crippen LogP contribution in [0.25, 0.3) is 0 Å². The van der Waals surface area contributed by atoms with Gasteiger partial charge in [-0.1, -0.05) is 20.3 Å². The first-order valence-corrected chi connectivity index (χ1v) is 6.97. The number of hydrogen-bond acceptors (Lipinski definition) is 3. The van der Waals surface area contributed by atoms with E-state index < -0.39 is 0 Å². The Hall–Kier alpha value is -0.120. The Morgan fingerprint density at radius 3 is 2.65 bits per heavy atom. The van der Waals surface area contributed by atoms with Gasteiger partial charge in [-0.15, -0.1) is 0 Å². The van der Waals surface area contributed by atoms with Crippen LogP contribution in [0.15, 0.2) is 0 Å². The number of aliphatic hydroxyl groups is 1. The lowest BCUT2D eigenvalue weighted by molar-refractivity contribution is 0.0181. The molecule has 0 amide bonds. The van der Waals surface area contributed by atoms with Crippen molar-refractivity contribution in [3.63, 3.8) is 0 Å². The lowest BCUT2D eigenvalue weighted by atomic mass is 9.85. The molecule has 1 saturated carbocycles. The van der Waals surface area contributed by atoms with Gasteiger partial charge in [-0.3, -0.25) is 0 Å². The molecule has 1 fully saturated rings. The summed E-state index contributed by atoms with van der Waals surface area (Å²) >= 11 is 0.